The Balaban J connectivity index is 0.000000970. The van der Waals surface area contributed by atoms with E-state index in [9.17, 15) is 15.0 Å². The molecule has 0 amide bonds. The molecular formula is C26H51N5O3. The van der Waals surface area contributed by atoms with Gasteiger partial charge in [-0.25, -0.2) is 9.48 Å². The Kier molecular flexibility index (Phi) is 12.3. The topological polar surface area (TPSA) is 86.8 Å². The molecule has 3 aliphatic rings. The number of aliphatic hydroxyl groups excluding tert-OH is 2. The van der Waals surface area contributed by atoms with Gasteiger partial charge in [-0.05, 0) is 65.2 Å². The first-order chi connectivity index (χ1) is 16.4. The lowest BCUT2D eigenvalue weighted by atomic mass is 9.89. The highest BCUT2D eigenvalue weighted by Gasteiger charge is 2.32. The lowest BCUT2D eigenvalue weighted by Crippen LogP contribution is -2.54. The maximum absolute atomic E-state index is 12.7. The van der Waals surface area contributed by atoms with Crippen molar-refractivity contribution in [3.63, 3.8) is 0 Å². The van der Waals surface area contributed by atoms with E-state index >= 15 is 0 Å². The predicted octanol–water partition coefficient (Wildman–Crippen LogP) is 3.44. The van der Waals surface area contributed by atoms with Crippen molar-refractivity contribution in [1.29, 1.82) is 0 Å². The van der Waals surface area contributed by atoms with Crippen LogP contribution in [0.2, 0.25) is 0 Å². The second kappa shape index (κ2) is 14.4. The molecular weight excluding hydrogens is 430 g/mol. The number of hydrogen-bond acceptors (Lipinski definition) is 6. The monoisotopic (exact) mass is 481 g/mol. The normalized spacial score (nSPS) is 30.4. The smallest absolute Gasteiger partial charge is 0.346 e. The number of aliphatic hydroxyl groups is 2. The number of hydrogen-bond donors (Lipinski definition) is 2. The molecule has 1 aromatic rings. The summed E-state index contributed by atoms with van der Waals surface area (Å²) < 4.78 is 3.20. The van der Waals surface area contributed by atoms with Gasteiger partial charge in [-0.15, -0.1) is 0 Å². The zero-order chi connectivity index (χ0) is 25.3. The molecule has 3 fully saturated rings. The molecule has 1 saturated heterocycles. The average molecular weight is 482 g/mol. The Bertz CT molecular complexity index is 725. The van der Waals surface area contributed by atoms with Gasteiger partial charge in [-0.3, -0.25) is 14.4 Å². The van der Waals surface area contributed by atoms with Gasteiger partial charge in [0.2, 0.25) is 0 Å². The van der Waals surface area contributed by atoms with Gasteiger partial charge < -0.3 is 10.2 Å². The van der Waals surface area contributed by atoms with Crippen LogP contribution >= 0.6 is 0 Å². The highest BCUT2D eigenvalue weighted by Crippen LogP contribution is 2.31. The van der Waals surface area contributed by atoms with Gasteiger partial charge in [0.1, 0.15) is 6.33 Å². The molecule has 198 valence electrons. The molecule has 2 aliphatic carbocycles. The quantitative estimate of drug-likeness (QED) is 0.670. The SMILES string of the molecule is CC.CC.C[C@@H](O)[C@H](C)n1ncn(C2CCC(N3CCN(C4CCC(O)CC4)CC3)CC2)c1=O. The molecule has 2 N–H and O–H groups in total. The standard InChI is InChI=1S/C22H39N5O3.2C2H6/c1-16(17(2)28)27-22(30)26(15-23-27)20-5-3-18(4-6-20)24-11-13-25(14-12-24)19-7-9-21(29)10-8-19;2*1-2/h15-21,28-29H,3-14H2,1-2H3;2*1-2H3/t16-,17+,18?,19?,20?,21?;;/m0../s1. The molecule has 1 aliphatic heterocycles. The zero-order valence-corrected chi connectivity index (χ0v) is 22.6. The van der Waals surface area contributed by atoms with Crippen molar-refractivity contribution < 1.29 is 10.2 Å². The minimum atomic E-state index is -0.598. The summed E-state index contributed by atoms with van der Waals surface area (Å²) in [5.41, 5.74) is -0.0990. The van der Waals surface area contributed by atoms with Crippen LogP contribution in [-0.2, 0) is 0 Å². The molecule has 0 bridgehead atoms. The summed E-state index contributed by atoms with van der Waals surface area (Å²) >= 11 is 0. The summed E-state index contributed by atoms with van der Waals surface area (Å²) in [7, 11) is 0. The predicted molar refractivity (Wildman–Crippen MR) is 138 cm³/mol. The molecule has 2 saturated carbocycles. The molecule has 2 atom stereocenters. The summed E-state index contributed by atoms with van der Waals surface area (Å²) in [4.78, 5) is 18.0. The van der Waals surface area contributed by atoms with E-state index in [-0.39, 0.29) is 23.9 Å². The maximum atomic E-state index is 12.7. The van der Waals surface area contributed by atoms with Gasteiger partial charge in [-0.2, -0.15) is 5.10 Å². The van der Waals surface area contributed by atoms with Crippen molar-refractivity contribution in [2.45, 2.75) is 129 Å². The van der Waals surface area contributed by atoms with E-state index in [0.29, 0.717) is 12.1 Å². The summed E-state index contributed by atoms with van der Waals surface area (Å²) in [6, 6.07) is 1.20. The van der Waals surface area contributed by atoms with Crippen molar-refractivity contribution in [3.05, 3.63) is 16.8 Å². The Labute approximate surface area is 206 Å². The molecule has 8 heteroatoms. The lowest BCUT2D eigenvalue weighted by molar-refractivity contribution is 0.0236. The molecule has 0 spiro atoms. The lowest BCUT2D eigenvalue weighted by Gasteiger charge is -2.45. The van der Waals surface area contributed by atoms with Crippen LogP contribution in [0.25, 0.3) is 0 Å². The highest BCUT2D eigenvalue weighted by atomic mass is 16.3. The number of aromatic nitrogens is 3. The molecule has 2 heterocycles. The van der Waals surface area contributed by atoms with Crippen LogP contribution in [0.5, 0.6) is 0 Å². The van der Waals surface area contributed by atoms with Gasteiger partial charge >= 0.3 is 5.69 Å². The van der Waals surface area contributed by atoms with Crippen LogP contribution in [0.3, 0.4) is 0 Å². The fourth-order valence-electron chi connectivity index (χ4n) is 5.66. The van der Waals surface area contributed by atoms with Gasteiger partial charge in [-0.1, -0.05) is 27.7 Å². The number of piperazine rings is 1. The van der Waals surface area contributed by atoms with Crippen LogP contribution in [0, 0.1) is 0 Å². The van der Waals surface area contributed by atoms with Crippen molar-refractivity contribution in [3.8, 4) is 0 Å². The van der Waals surface area contributed by atoms with Crippen LogP contribution < -0.4 is 5.69 Å². The van der Waals surface area contributed by atoms with Gasteiger partial charge in [0, 0.05) is 44.3 Å². The van der Waals surface area contributed by atoms with E-state index in [1.165, 1.54) is 4.68 Å². The Hall–Kier alpha value is -1.22. The summed E-state index contributed by atoms with van der Waals surface area (Å²) in [5, 5.41) is 23.8. The van der Waals surface area contributed by atoms with E-state index in [0.717, 1.165) is 77.5 Å². The second-order valence-electron chi connectivity index (χ2n) is 9.74. The van der Waals surface area contributed by atoms with Crippen molar-refractivity contribution in [2.24, 2.45) is 0 Å². The van der Waals surface area contributed by atoms with Crippen LogP contribution in [0.15, 0.2) is 11.1 Å². The van der Waals surface area contributed by atoms with Gasteiger partial charge in [0.15, 0.2) is 0 Å². The molecule has 4 rings (SSSR count). The van der Waals surface area contributed by atoms with Crippen LogP contribution in [0.1, 0.15) is 105 Å². The summed E-state index contributed by atoms with van der Waals surface area (Å²) in [6.07, 6.45) is 9.47. The molecule has 1 aromatic heterocycles. The average Bonchev–Trinajstić information content (AvgIpc) is 3.27. The Morgan fingerprint density at radius 3 is 1.65 bits per heavy atom. The van der Waals surface area contributed by atoms with E-state index in [4.69, 9.17) is 0 Å². The second-order valence-corrected chi connectivity index (χ2v) is 9.74. The molecule has 0 unspecified atom stereocenters. The minimum absolute atomic E-state index is 0.0763. The fraction of sp³-hybridized carbons (Fsp3) is 0.923. The van der Waals surface area contributed by atoms with Crippen LogP contribution in [-0.4, -0.2) is 84.8 Å². The Morgan fingerprint density at radius 2 is 1.21 bits per heavy atom. The highest BCUT2D eigenvalue weighted by molar-refractivity contribution is 4.89. The van der Waals surface area contributed by atoms with Crippen molar-refractivity contribution in [1.82, 2.24) is 24.1 Å². The first-order valence-corrected chi connectivity index (χ1v) is 13.9. The van der Waals surface area contributed by atoms with Crippen molar-refractivity contribution in [2.75, 3.05) is 26.2 Å². The Morgan fingerprint density at radius 1 is 0.794 bits per heavy atom. The van der Waals surface area contributed by atoms with E-state index in [1.807, 2.05) is 34.6 Å². The number of rotatable bonds is 5. The zero-order valence-electron chi connectivity index (χ0n) is 22.6. The number of nitrogens with zero attached hydrogens (tertiary/aromatic N) is 5. The van der Waals surface area contributed by atoms with Gasteiger partial charge in [0.05, 0.1) is 18.2 Å². The first-order valence-electron chi connectivity index (χ1n) is 13.9. The van der Waals surface area contributed by atoms with Crippen molar-refractivity contribution >= 4 is 0 Å². The maximum Gasteiger partial charge on any atom is 0.346 e. The summed E-state index contributed by atoms with van der Waals surface area (Å²) in [5.74, 6) is 0. The third-order valence-corrected chi connectivity index (χ3v) is 7.91. The molecule has 8 nitrogen and oxygen atoms in total. The minimum Gasteiger partial charge on any atom is -0.393 e. The largest absolute Gasteiger partial charge is 0.393 e. The third kappa shape index (κ3) is 7.15. The van der Waals surface area contributed by atoms with Crippen LogP contribution in [0.4, 0.5) is 0 Å². The van der Waals surface area contributed by atoms with E-state index < -0.39 is 6.10 Å². The molecule has 0 aromatic carbocycles. The van der Waals surface area contributed by atoms with E-state index in [2.05, 4.69) is 14.9 Å². The van der Waals surface area contributed by atoms with Gasteiger partial charge in [0.25, 0.3) is 0 Å². The fourth-order valence-corrected chi connectivity index (χ4v) is 5.66. The summed E-state index contributed by atoms with van der Waals surface area (Å²) in [6.45, 7) is 16.1. The molecule has 34 heavy (non-hydrogen) atoms. The third-order valence-electron chi connectivity index (χ3n) is 7.91. The first kappa shape index (κ1) is 29.0. The molecule has 0 radical (unpaired) electrons. The van der Waals surface area contributed by atoms with E-state index in [1.54, 1.807) is 17.8 Å².